The Hall–Kier alpha value is -6.64. The third-order valence-electron chi connectivity index (χ3n) is 13.2. The molecule has 2 nitrogen and oxygen atoms in total. The Bertz CT molecular complexity index is 3290. The van der Waals surface area contributed by atoms with Crippen molar-refractivity contribution in [3.8, 4) is 22.3 Å². The monoisotopic (exact) mass is 717 g/mol. The van der Waals surface area contributed by atoms with Crippen LogP contribution < -0.4 is 4.90 Å². The summed E-state index contributed by atoms with van der Waals surface area (Å²) in [5, 5.41) is 9.88. The van der Waals surface area contributed by atoms with Crippen LogP contribution in [-0.4, -0.2) is 0 Å². The molecule has 0 aliphatic heterocycles. The summed E-state index contributed by atoms with van der Waals surface area (Å²) in [4.78, 5) is 2.48. The van der Waals surface area contributed by atoms with Crippen molar-refractivity contribution in [1.29, 1.82) is 0 Å². The highest BCUT2D eigenvalue weighted by atomic mass is 16.3. The Morgan fingerprint density at radius 2 is 0.911 bits per heavy atom. The van der Waals surface area contributed by atoms with Crippen molar-refractivity contribution in [2.24, 2.45) is 0 Å². The molecule has 0 spiro atoms. The second kappa shape index (κ2) is 11.0. The molecular formula is C54H39NO. The quantitative estimate of drug-likeness (QED) is 0.169. The van der Waals surface area contributed by atoms with Crippen LogP contribution in [0.5, 0.6) is 0 Å². The molecule has 0 fully saturated rings. The number of fused-ring (bicyclic) bond motifs is 16. The first-order valence-electron chi connectivity index (χ1n) is 19.8. The Morgan fingerprint density at radius 3 is 1.62 bits per heavy atom. The molecule has 0 atom stereocenters. The number of hydrogen-bond donors (Lipinski definition) is 0. The molecule has 0 saturated carbocycles. The van der Waals surface area contributed by atoms with Crippen molar-refractivity contribution in [3.05, 3.63) is 186 Å². The van der Waals surface area contributed by atoms with E-state index in [-0.39, 0.29) is 10.8 Å². The van der Waals surface area contributed by atoms with Gasteiger partial charge in [-0.1, -0.05) is 149 Å². The minimum Gasteiger partial charge on any atom is -0.456 e. The smallest absolute Gasteiger partial charge is 0.140 e. The van der Waals surface area contributed by atoms with Crippen LogP contribution in [0.25, 0.3) is 76.5 Å². The summed E-state index contributed by atoms with van der Waals surface area (Å²) >= 11 is 0. The third kappa shape index (κ3) is 4.06. The third-order valence-corrected chi connectivity index (χ3v) is 13.2. The zero-order valence-corrected chi connectivity index (χ0v) is 31.9. The van der Waals surface area contributed by atoms with Crippen LogP contribution in [0.15, 0.2) is 168 Å². The van der Waals surface area contributed by atoms with Crippen molar-refractivity contribution in [2.75, 3.05) is 4.90 Å². The van der Waals surface area contributed by atoms with Crippen molar-refractivity contribution < 1.29 is 4.42 Å². The number of anilines is 3. The maximum Gasteiger partial charge on any atom is 0.140 e. The fourth-order valence-corrected chi connectivity index (χ4v) is 10.6. The lowest BCUT2D eigenvalue weighted by Crippen LogP contribution is -2.16. The van der Waals surface area contributed by atoms with Gasteiger partial charge in [0.25, 0.3) is 0 Å². The maximum atomic E-state index is 7.02. The maximum absolute atomic E-state index is 7.02. The molecule has 10 aromatic rings. The molecular weight excluding hydrogens is 679 g/mol. The van der Waals surface area contributed by atoms with Gasteiger partial charge >= 0.3 is 0 Å². The van der Waals surface area contributed by atoms with Gasteiger partial charge < -0.3 is 9.32 Å². The standard InChI is InChI=1S/C54H39NO/c1-53(2)45-20-11-9-18-39(45)41-27-25-33(31-47(41)53)55(32-24-26-38-36-16-6-5-14-34(36)35-15-7-8-17-37(35)44(38)30-32)48-22-13-23-49-50(48)43-29-28-42-40-19-10-12-21-46(40)54(3,4)51(42)52(43)56-49/h5-31H,1-4H3. The molecule has 2 heteroatoms. The largest absolute Gasteiger partial charge is 0.456 e. The second-order valence-corrected chi connectivity index (χ2v) is 16.8. The van der Waals surface area contributed by atoms with E-state index in [0.29, 0.717) is 0 Å². The topological polar surface area (TPSA) is 16.4 Å². The predicted molar refractivity (Wildman–Crippen MR) is 236 cm³/mol. The van der Waals surface area contributed by atoms with Crippen molar-refractivity contribution in [3.63, 3.8) is 0 Å². The highest BCUT2D eigenvalue weighted by molar-refractivity contribution is 6.26. The highest BCUT2D eigenvalue weighted by Gasteiger charge is 2.39. The summed E-state index contributed by atoms with van der Waals surface area (Å²) in [5.74, 6) is 0. The van der Waals surface area contributed by atoms with Gasteiger partial charge in [-0.2, -0.15) is 0 Å². The van der Waals surface area contributed by atoms with Crippen LogP contribution in [0.1, 0.15) is 49.9 Å². The molecule has 2 aliphatic rings. The van der Waals surface area contributed by atoms with Gasteiger partial charge in [-0.05, 0) is 114 Å². The average molecular weight is 718 g/mol. The van der Waals surface area contributed by atoms with Crippen LogP contribution in [0.4, 0.5) is 17.1 Å². The number of hydrogen-bond acceptors (Lipinski definition) is 2. The lowest BCUT2D eigenvalue weighted by Gasteiger charge is -2.29. The summed E-state index contributed by atoms with van der Waals surface area (Å²) in [5.41, 5.74) is 15.4. The summed E-state index contributed by atoms with van der Waals surface area (Å²) in [6.07, 6.45) is 0. The van der Waals surface area contributed by atoms with Crippen LogP contribution in [0.2, 0.25) is 0 Å². The second-order valence-electron chi connectivity index (χ2n) is 16.8. The van der Waals surface area contributed by atoms with E-state index in [9.17, 15) is 0 Å². The van der Waals surface area contributed by atoms with Crippen LogP contribution in [-0.2, 0) is 10.8 Å². The summed E-state index contributed by atoms with van der Waals surface area (Å²) in [7, 11) is 0. The minimum atomic E-state index is -0.193. The molecule has 0 N–H and O–H groups in total. The van der Waals surface area contributed by atoms with E-state index in [1.54, 1.807) is 0 Å². The van der Waals surface area contributed by atoms with Gasteiger partial charge in [0, 0.05) is 33.2 Å². The fraction of sp³-hybridized carbons (Fsp3) is 0.111. The van der Waals surface area contributed by atoms with E-state index in [2.05, 4.69) is 196 Å². The SMILES string of the molecule is CC1(C)c2ccccc2-c2ccc(N(c3ccc4c5ccccc5c5ccccc5c4c3)c3cccc4oc5c6c(ccc5c34)-c3ccccc3C6(C)C)cc21. The Labute approximate surface area is 326 Å². The van der Waals surface area contributed by atoms with Gasteiger partial charge in [0.05, 0.1) is 11.1 Å². The molecule has 0 amide bonds. The predicted octanol–water partition coefficient (Wildman–Crippen LogP) is 15.1. The van der Waals surface area contributed by atoms with Crippen LogP contribution in [0, 0.1) is 0 Å². The zero-order chi connectivity index (χ0) is 37.5. The molecule has 0 bridgehead atoms. The lowest BCUT2D eigenvalue weighted by molar-refractivity contribution is 0.620. The first kappa shape index (κ1) is 31.7. The normalized spacial score (nSPS) is 14.7. The number of nitrogens with zero attached hydrogens (tertiary/aromatic N) is 1. The molecule has 2 aliphatic carbocycles. The first-order valence-corrected chi connectivity index (χ1v) is 19.8. The van der Waals surface area contributed by atoms with Crippen molar-refractivity contribution >= 4 is 71.3 Å². The fourth-order valence-electron chi connectivity index (χ4n) is 10.6. The summed E-state index contributed by atoms with van der Waals surface area (Å²) in [6.45, 7) is 9.41. The number of furan rings is 1. The van der Waals surface area contributed by atoms with Gasteiger partial charge in [-0.3, -0.25) is 0 Å². The molecule has 56 heavy (non-hydrogen) atoms. The number of benzene rings is 9. The van der Waals surface area contributed by atoms with E-state index in [4.69, 9.17) is 4.42 Å². The van der Waals surface area contributed by atoms with Crippen LogP contribution in [0.3, 0.4) is 0 Å². The van der Waals surface area contributed by atoms with E-state index < -0.39 is 0 Å². The molecule has 0 radical (unpaired) electrons. The molecule has 1 aromatic heterocycles. The van der Waals surface area contributed by atoms with Crippen LogP contribution >= 0.6 is 0 Å². The zero-order valence-electron chi connectivity index (χ0n) is 31.9. The Kier molecular flexibility index (Phi) is 6.22. The average Bonchev–Trinajstić information content (AvgIpc) is 3.81. The van der Waals surface area contributed by atoms with Gasteiger partial charge in [0.15, 0.2) is 0 Å². The number of rotatable bonds is 3. The van der Waals surface area contributed by atoms with E-state index in [0.717, 1.165) is 39.0 Å². The van der Waals surface area contributed by atoms with Gasteiger partial charge in [0.1, 0.15) is 11.2 Å². The highest BCUT2D eigenvalue weighted by Crippen LogP contribution is 2.55. The Morgan fingerprint density at radius 1 is 0.393 bits per heavy atom. The molecule has 266 valence electrons. The lowest BCUT2D eigenvalue weighted by atomic mass is 9.82. The van der Waals surface area contributed by atoms with Gasteiger partial charge in [-0.25, -0.2) is 0 Å². The molecule has 0 saturated heterocycles. The molecule has 1 heterocycles. The van der Waals surface area contributed by atoms with Gasteiger partial charge in [0.2, 0.25) is 0 Å². The minimum absolute atomic E-state index is 0.137. The molecule has 12 rings (SSSR count). The first-order chi connectivity index (χ1) is 27.3. The summed E-state index contributed by atoms with van der Waals surface area (Å²) < 4.78 is 7.02. The van der Waals surface area contributed by atoms with E-state index in [1.165, 1.54) is 76.8 Å². The van der Waals surface area contributed by atoms with E-state index in [1.807, 2.05) is 0 Å². The van der Waals surface area contributed by atoms with Crippen molar-refractivity contribution in [1.82, 2.24) is 0 Å². The summed E-state index contributed by atoms with van der Waals surface area (Å²) in [6, 6.07) is 60.8. The van der Waals surface area contributed by atoms with Crippen molar-refractivity contribution in [2.45, 2.75) is 38.5 Å². The molecule has 0 unspecified atom stereocenters. The molecule has 9 aromatic carbocycles. The Balaban J connectivity index is 1.16. The van der Waals surface area contributed by atoms with Gasteiger partial charge in [-0.15, -0.1) is 0 Å². The van der Waals surface area contributed by atoms with E-state index >= 15 is 0 Å².